The van der Waals surface area contributed by atoms with Crippen LogP contribution in [0.5, 0.6) is 5.75 Å². The van der Waals surface area contributed by atoms with Gasteiger partial charge in [0.25, 0.3) is 5.69 Å². The van der Waals surface area contributed by atoms with Crippen molar-refractivity contribution in [3.05, 3.63) is 32.8 Å². The molecule has 1 rings (SSSR count). The minimum absolute atomic E-state index is 0.0757. The van der Waals surface area contributed by atoms with E-state index in [9.17, 15) is 15.2 Å². The summed E-state index contributed by atoms with van der Waals surface area (Å²) in [7, 11) is 0. The molecule has 0 aliphatic heterocycles. The molecule has 1 atom stereocenters. The van der Waals surface area contributed by atoms with Gasteiger partial charge in [0, 0.05) is 30.3 Å². The lowest BCUT2D eigenvalue weighted by Crippen LogP contribution is -2.20. The van der Waals surface area contributed by atoms with Crippen LogP contribution in [0.25, 0.3) is 0 Å². The van der Waals surface area contributed by atoms with E-state index in [0.29, 0.717) is 0 Å². The van der Waals surface area contributed by atoms with Crippen LogP contribution in [0.2, 0.25) is 5.02 Å². The number of phenols is 1. The number of halogens is 1. The summed E-state index contributed by atoms with van der Waals surface area (Å²) in [5, 5.41) is 19.9. The van der Waals surface area contributed by atoms with Crippen LogP contribution in [0.3, 0.4) is 0 Å². The van der Waals surface area contributed by atoms with Gasteiger partial charge < -0.3 is 16.6 Å². The highest BCUT2D eigenvalue weighted by molar-refractivity contribution is 6.32. The first-order chi connectivity index (χ1) is 6.97. The van der Waals surface area contributed by atoms with Gasteiger partial charge in [-0.25, -0.2) is 0 Å². The molecular weight excluding hydrogens is 222 g/mol. The maximum atomic E-state index is 10.6. The lowest BCUT2D eigenvalue weighted by atomic mass is 10.1. The molecule has 0 unspecified atom stereocenters. The van der Waals surface area contributed by atoms with Gasteiger partial charge in [-0.2, -0.15) is 0 Å². The highest BCUT2D eigenvalue weighted by Crippen LogP contribution is 2.33. The molecule has 7 heteroatoms. The topological polar surface area (TPSA) is 115 Å². The smallest absolute Gasteiger partial charge is 0.288 e. The second-order valence-corrected chi connectivity index (χ2v) is 3.37. The van der Waals surface area contributed by atoms with Gasteiger partial charge in [-0.3, -0.25) is 10.1 Å². The largest absolute Gasteiger partial charge is 0.508 e. The van der Waals surface area contributed by atoms with Crippen molar-refractivity contribution in [2.24, 2.45) is 11.5 Å². The number of phenolic OH excluding ortho intramolecular Hbond substituents is 1. The summed E-state index contributed by atoms with van der Waals surface area (Å²) < 4.78 is 0. The van der Waals surface area contributed by atoms with Crippen molar-refractivity contribution in [3.8, 4) is 5.75 Å². The predicted molar refractivity (Wildman–Crippen MR) is 55.8 cm³/mol. The molecular formula is C8H10ClN3O3. The van der Waals surface area contributed by atoms with Gasteiger partial charge in [0.05, 0.1) is 4.92 Å². The van der Waals surface area contributed by atoms with Crippen LogP contribution in [-0.4, -0.2) is 16.6 Å². The van der Waals surface area contributed by atoms with Crippen molar-refractivity contribution >= 4 is 17.3 Å². The average molecular weight is 232 g/mol. The highest BCUT2D eigenvalue weighted by atomic mass is 35.5. The molecule has 15 heavy (non-hydrogen) atoms. The van der Waals surface area contributed by atoms with E-state index < -0.39 is 11.0 Å². The van der Waals surface area contributed by atoms with Crippen molar-refractivity contribution in [2.75, 3.05) is 6.54 Å². The summed E-state index contributed by atoms with van der Waals surface area (Å²) in [4.78, 5) is 9.92. The summed E-state index contributed by atoms with van der Waals surface area (Å²) in [5.74, 6) is -0.191. The molecule has 0 saturated carbocycles. The number of benzene rings is 1. The average Bonchev–Trinajstić information content (AvgIpc) is 2.16. The Morgan fingerprint density at radius 1 is 1.60 bits per heavy atom. The van der Waals surface area contributed by atoms with E-state index in [0.717, 1.165) is 12.1 Å². The van der Waals surface area contributed by atoms with Gasteiger partial charge in [0.2, 0.25) is 0 Å². The Labute approximate surface area is 90.6 Å². The zero-order valence-electron chi connectivity index (χ0n) is 7.68. The van der Waals surface area contributed by atoms with Crippen LogP contribution in [0.15, 0.2) is 12.1 Å². The molecule has 0 heterocycles. The van der Waals surface area contributed by atoms with Crippen LogP contribution in [0, 0.1) is 10.1 Å². The van der Waals surface area contributed by atoms with Crippen molar-refractivity contribution in [2.45, 2.75) is 6.04 Å². The molecule has 1 aromatic carbocycles. The number of nitro groups is 1. The Morgan fingerprint density at radius 3 is 2.67 bits per heavy atom. The third-order valence-electron chi connectivity index (χ3n) is 1.95. The first-order valence-electron chi connectivity index (χ1n) is 4.09. The van der Waals surface area contributed by atoms with E-state index in [4.69, 9.17) is 23.1 Å². The molecule has 0 amide bonds. The minimum atomic E-state index is -0.652. The van der Waals surface area contributed by atoms with E-state index in [1.54, 1.807) is 0 Å². The minimum Gasteiger partial charge on any atom is -0.508 e. The summed E-state index contributed by atoms with van der Waals surface area (Å²) >= 11 is 5.57. The summed E-state index contributed by atoms with van der Waals surface area (Å²) in [6, 6.07) is 1.57. The number of nitrogens with two attached hydrogens (primary N) is 2. The maximum Gasteiger partial charge on any atom is 0.288 e. The quantitative estimate of drug-likeness (QED) is 0.528. The Hall–Kier alpha value is -1.37. The Kier molecular flexibility index (Phi) is 3.46. The molecule has 5 N–H and O–H groups in total. The summed E-state index contributed by atoms with van der Waals surface area (Å²) in [5.41, 5.74) is 10.8. The summed E-state index contributed by atoms with van der Waals surface area (Å²) in [6.45, 7) is 0.0757. The van der Waals surface area contributed by atoms with Crippen LogP contribution < -0.4 is 11.5 Å². The number of rotatable bonds is 3. The second kappa shape index (κ2) is 4.43. The van der Waals surface area contributed by atoms with Crippen molar-refractivity contribution in [3.63, 3.8) is 0 Å². The first kappa shape index (κ1) is 11.7. The lowest BCUT2D eigenvalue weighted by molar-refractivity contribution is -0.384. The third-order valence-corrected chi connectivity index (χ3v) is 2.25. The van der Waals surface area contributed by atoms with Crippen LogP contribution in [0.1, 0.15) is 11.6 Å². The lowest BCUT2D eigenvalue weighted by Gasteiger charge is -2.11. The van der Waals surface area contributed by atoms with Crippen LogP contribution in [0.4, 0.5) is 5.69 Å². The van der Waals surface area contributed by atoms with Crippen LogP contribution >= 0.6 is 11.6 Å². The molecule has 0 radical (unpaired) electrons. The van der Waals surface area contributed by atoms with E-state index in [1.807, 2.05) is 0 Å². The molecule has 0 aliphatic rings. The molecule has 0 spiro atoms. The normalized spacial score (nSPS) is 12.5. The summed E-state index contributed by atoms with van der Waals surface area (Å²) in [6.07, 6.45) is 0. The zero-order chi connectivity index (χ0) is 11.6. The Balaban J connectivity index is 3.29. The molecule has 0 fully saturated rings. The molecule has 0 bridgehead atoms. The molecule has 6 nitrogen and oxygen atoms in total. The molecule has 0 aliphatic carbocycles. The van der Waals surface area contributed by atoms with E-state index in [1.165, 1.54) is 0 Å². The fourth-order valence-corrected chi connectivity index (χ4v) is 1.36. The number of aromatic hydroxyl groups is 1. The Morgan fingerprint density at radius 2 is 2.20 bits per heavy atom. The predicted octanol–water partition coefficient (Wildman–Crippen LogP) is 0.912. The van der Waals surface area contributed by atoms with E-state index >= 15 is 0 Å². The monoisotopic (exact) mass is 231 g/mol. The maximum absolute atomic E-state index is 10.6. The van der Waals surface area contributed by atoms with E-state index in [2.05, 4.69) is 0 Å². The zero-order valence-corrected chi connectivity index (χ0v) is 8.44. The fourth-order valence-electron chi connectivity index (χ4n) is 1.13. The molecule has 0 saturated heterocycles. The Bertz CT molecular complexity index is 397. The van der Waals surface area contributed by atoms with Gasteiger partial charge >= 0.3 is 0 Å². The highest BCUT2D eigenvalue weighted by Gasteiger charge is 2.19. The molecule has 0 aromatic heterocycles. The first-order valence-corrected chi connectivity index (χ1v) is 4.47. The van der Waals surface area contributed by atoms with Gasteiger partial charge in [-0.15, -0.1) is 0 Å². The number of hydrogen-bond donors (Lipinski definition) is 3. The van der Waals surface area contributed by atoms with Crippen LogP contribution in [-0.2, 0) is 0 Å². The third kappa shape index (κ3) is 2.35. The van der Waals surface area contributed by atoms with Gasteiger partial charge in [-0.1, -0.05) is 11.6 Å². The van der Waals surface area contributed by atoms with Gasteiger partial charge in [-0.05, 0) is 0 Å². The molecule has 1 aromatic rings. The number of hydrogen-bond acceptors (Lipinski definition) is 5. The second-order valence-electron chi connectivity index (χ2n) is 2.96. The van der Waals surface area contributed by atoms with E-state index in [-0.39, 0.29) is 28.6 Å². The van der Waals surface area contributed by atoms with Crippen molar-refractivity contribution in [1.29, 1.82) is 0 Å². The van der Waals surface area contributed by atoms with Crippen molar-refractivity contribution in [1.82, 2.24) is 0 Å². The van der Waals surface area contributed by atoms with Gasteiger partial charge in [0.1, 0.15) is 10.8 Å². The standard InChI is InChI=1S/C8H10ClN3O3/c9-5-2-8(13)4(6(11)3-10)1-7(5)12(14)15/h1-2,6,13H,3,10-11H2/t6-/m1/s1. The number of nitro benzene ring substituents is 1. The van der Waals surface area contributed by atoms with Crippen molar-refractivity contribution < 1.29 is 10.0 Å². The fraction of sp³-hybridized carbons (Fsp3) is 0.250. The van der Waals surface area contributed by atoms with Gasteiger partial charge in [0.15, 0.2) is 0 Å². The molecule has 82 valence electrons. The SMILES string of the molecule is NC[C@@H](N)c1cc([N+](=O)[O-])c(Cl)cc1O. The number of nitrogens with zero attached hydrogens (tertiary/aromatic N) is 1.